The number of hydrogen-bond donors (Lipinski definition) is 4. The number of H-pyrrole nitrogens is 1. The zero-order valence-corrected chi connectivity index (χ0v) is 13.8. The van der Waals surface area contributed by atoms with E-state index in [4.69, 9.17) is 11.6 Å². The summed E-state index contributed by atoms with van der Waals surface area (Å²) in [4.78, 5) is 37.6. The van der Waals surface area contributed by atoms with Crippen LogP contribution in [0.2, 0.25) is 5.02 Å². The Morgan fingerprint density at radius 1 is 1.33 bits per heavy atom. The first-order chi connectivity index (χ1) is 11.4. The van der Waals surface area contributed by atoms with E-state index in [0.717, 1.165) is 22.2 Å². The van der Waals surface area contributed by atoms with Crippen molar-refractivity contribution < 1.29 is 14.4 Å². The normalized spacial score (nSPS) is 17.0. The molecule has 7 nitrogen and oxygen atoms in total. The van der Waals surface area contributed by atoms with Crippen molar-refractivity contribution in [2.75, 3.05) is 6.54 Å². The van der Waals surface area contributed by atoms with Crippen LogP contribution in [0.5, 0.6) is 0 Å². The van der Waals surface area contributed by atoms with Crippen LogP contribution >= 0.6 is 11.6 Å². The van der Waals surface area contributed by atoms with Gasteiger partial charge in [-0.3, -0.25) is 14.9 Å². The summed E-state index contributed by atoms with van der Waals surface area (Å²) in [6.07, 6.45) is 0.567. The molecule has 0 aliphatic carbocycles. The van der Waals surface area contributed by atoms with Crippen LogP contribution in [-0.4, -0.2) is 35.4 Å². The molecule has 2 aromatic rings. The number of imide groups is 1. The second kappa shape index (κ2) is 6.52. The molecule has 4 amide bonds. The fraction of sp³-hybridized carbons (Fsp3) is 0.312. The maximum atomic E-state index is 11.9. The van der Waals surface area contributed by atoms with E-state index in [1.807, 2.05) is 25.1 Å². The fourth-order valence-corrected chi connectivity index (χ4v) is 3.04. The number of halogens is 1. The van der Waals surface area contributed by atoms with Crippen LogP contribution in [0.4, 0.5) is 4.79 Å². The second-order valence-corrected chi connectivity index (χ2v) is 6.17. The number of urea groups is 1. The molecule has 0 radical (unpaired) electrons. The number of aromatic amines is 1. The number of nitrogens with one attached hydrogen (secondary N) is 4. The first-order valence-corrected chi connectivity index (χ1v) is 7.96. The van der Waals surface area contributed by atoms with E-state index in [1.54, 1.807) is 0 Å². The van der Waals surface area contributed by atoms with Gasteiger partial charge in [0.05, 0.1) is 6.42 Å². The lowest BCUT2D eigenvalue weighted by atomic mass is 10.1. The van der Waals surface area contributed by atoms with E-state index in [-0.39, 0.29) is 12.3 Å². The van der Waals surface area contributed by atoms with Gasteiger partial charge in [-0.1, -0.05) is 11.6 Å². The largest absolute Gasteiger partial charge is 0.358 e. The molecule has 1 aliphatic heterocycles. The minimum atomic E-state index is -0.800. The summed E-state index contributed by atoms with van der Waals surface area (Å²) in [6, 6.07) is 4.28. The number of carbonyl (C=O) groups is 3. The number of aromatic nitrogens is 1. The zero-order valence-electron chi connectivity index (χ0n) is 13.0. The van der Waals surface area contributed by atoms with Crippen molar-refractivity contribution in [3.05, 3.63) is 34.5 Å². The third-order valence-electron chi connectivity index (χ3n) is 4.03. The number of rotatable bonds is 5. The van der Waals surface area contributed by atoms with Gasteiger partial charge in [0.15, 0.2) is 0 Å². The van der Waals surface area contributed by atoms with Crippen molar-refractivity contribution in [2.24, 2.45) is 0 Å². The predicted octanol–water partition coefficient (Wildman–Crippen LogP) is 1.39. The molecule has 1 aromatic heterocycles. The average Bonchev–Trinajstić information content (AvgIpc) is 2.98. The molecule has 3 rings (SSSR count). The van der Waals surface area contributed by atoms with Crippen molar-refractivity contribution >= 4 is 40.3 Å². The van der Waals surface area contributed by atoms with Gasteiger partial charge in [0.1, 0.15) is 6.04 Å². The smallest absolute Gasteiger partial charge is 0.322 e. The Labute approximate surface area is 143 Å². The van der Waals surface area contributed by atoms with Gasteiger partial charge in [0.2, 0.25) is 5.91 Å². The van der Waals surface area contributed by atoms with Crippen LogP contribution in [0, 0.1) is 6.92 Å². The Balaban J connectivity index is 1.58. The Morgan fingerprint density at radius 3 is 2.83 bits per heavy atom. The van der Waals surface area contributed by atoms with Crippen LogP contribution in [0.15, 0.2) is 18.2 Å². The molecule has 1 aromatic carbocycles. The lowest BCUT2D eigenvalue weighted by Crippen LogP contribution is -2.36. The topological polar surface area (TPSA) is 103 Å². The number of aryl methyl sites for hydroxylation is 1. The minimum Gasteiger partial charge on any atom is -0.358 e. The van der Waals surface area contributed by atoms with Gasteiger partial charge in [0.25, 0.3) is 5.91 Å². The molecule has 1 atom stereocenters. The van der Waals surface area contributed by atoms with Gasteiger partial charge >= 0.3 is 6.03 Å². The van der Waals surface area contributed by atoms with Gasteiger partial charge in [0, 0.05) is 28.2 Å². The summed E-state index contributed by atoms with van der Waals surface area (Å²) >= 11 is 6.05. The molecular formula is C16H17ClN4O3. The average molecular weight is 349 g/mol. The van der Waals surface area contributed by atoms with Crippen molar-refractivity contribution in [1.82, 2.24) is 20.9 Å². The van der Waals surface area contributed by atoms with Gasteiger partial charge in [-0.05, 0) is 37.1 Å². The maximum absolute atomic E-state index is 11.9. The first-order valence-electron chi connectivity index (χ1n) is 7.59. The maximum Gasteiger partial charge on any atom is 0.322 e. The van der Waals surface area contributed by atoms with Crippen molar-refractivity contribution in [3.63, 3.8) is 0 Å². The molecule has 0 bridgehead atoms. The zero-order chi connectivity index (χ0) is 17.3. The van der Waals surface area contributed by atoms with Crippen LogP contribution in [-0.2, 0) is 16.0 Å². The molecule has 0 unspecified atom stereocenters. The Hall–Kier alpha value is -2.54. The third kappa shape index (κ3) is 3.35. The molecule has 24 heavy (non-hydrogen) atoms. The number of amides is 4. The lowest BCUT2D eigenvalue weighted by Gasteiger charge is -2.08. The quantitative estimate of drug-likeness (QED) is 0.614. The molecule has 1 aliphatic rings. The SMILES string of the molecule is Cc1[nH]c2ccc(Cl)cc2c1CCNC(=O)C[C@H]1NC(=O)NC1=O. The Bertz CT molecular complexity index is 830. The monoisotopic (exact) mass is 348 g/mol. The van der Waals surface area contributed by atoms with E-state index < -0.39 is 18.0 Å². The summed E-state index contributed by atoms with van der Waals surface area (Å²) in [5.41, 5.74) is 3.13. The number of fused-ring (bicyclic) bond motifs is 1. The van der Waals surface area contributed by atoms with Gasteiger partial charge in [-0.15, -0.1) is 0 Å². The number of hydrogen-bond acceptors (Lipinski definition) is 3. The summed E-state index contributed by atoms with van der Waals surface area (Å²) in [5.74, 6) is -0.759. The van der Waals surface area contributed by atoms with Crippen molar-refractivity contribution in [2.45, 2.75) is 25.8 Å². The Kier molecular flexibility index (Phi) is 4.44. The molecule has 0 spiro atoms. The van der Waals surface area contributed by atoms with Crippen LogP contribution in [0.3, 0.4) is 0 Å². The molecule has 0 saturated carbocycles. The highest BCUT2D eigenvalue weighted by molar-refractivity contribution is 6.31. The summed E-state index contributed by atoms with van der Waals surface area (Å²) in [7, 11) is 0. The standard InChI is InChI=1S/C16H17ClN4O3/c1-8-10(11-6-9(17)2-3-12(11)19-8)4-5-18-14(22)7-13-15(23)21-16(24)20-13/h2-3,6,13,19H,4-5,7H2,1H3,(H,18,22)(H2,20,21,23,24)/t13-/m1/s1. The van der Waals surface area contributed by atoms with Crippen molar-refractivity contribution in [1.29, 1.82) is 0 Å². The van der Waals surface area contributed by atoms with Gasteiger partial charge in [-0.25, -0.2) is 4.79 Å². The van der Waals surface area contributed by atoms with E-state index >= 15 is 0 Å². The molecular weight excluding hydrogens is 332 g/mol. The van der Waals surface area contributed by atoms with Gasteiger partial charge < -0.3 is 15.6 Å². The highest BCUT2D eigenvalue weighted by Crippen LogP contribution is 2.25. The number of benzene rings is 1. The Morgan fingerprint density at radius 2 is 2.12 bits per heavy atom. The van der Waals surface area contributed by atoms with E-state index in [1.165, 1.54) is 0 Å². The number of carbonyl (C=O) groups excluding carboxylic acids is 3. The predicted molar refractivity (Wildman–Crippen MR) is 89.8 cm³/mol. The molecule has 1 fully saturated rings. The minimum absolute atomic E-state index is 0.0731. The second-order valence-electron chi connectivity index (χ2n) is 5.74. The molecule has 1 saturated heterocycles. The summed E-state index contributed by atoms with van der Waals surface area (Å²) < 4.78 is 0. The molecule has 8 heteroatoms. The fourth-order valence-electron chi connectivity index (χ4n) is 2.86. The first kappa shape index (κ1) is 16.3. The molecule has 126 valence electrons. The highest BCUT2D eigenvalue weighted by Gasteiger charge is 2.31. The third-order valence-corrected chi connectivity index (χ3v) is 4.26. The lowest BCUT2D eigenvalue weighted by molar-refractivity contribution is -0.126. The summed E-state index contributed by atoms with van der Waals surface area (Å²) in [6.45, 7) is 2.41. The van der Waals surface area contributed by atoms with Crippen molar-refractivity contribution in [3.8, 4) is 0 Å². The van der Waals surface area contributed by atoms with E-state index in [0.29, 0.717) is 18.0 Å². The van der Waals surface area contributed by atoms with Gasteiger partial charge in [-0.2, -0.15) is 0 Å². The molecule has 2 heterocycles. The van der Waals surface area contributed by atoms with E-state index in [9.17, 15) is 14.4 Å². The molecule has 4 N–H and O–H groups in total. The highest BCUT2D eigenvalue weighted by atomic mass is 35.5. The van der Waals surface area contributed by atoms with Crippen LogP contribution in [0.1, 0.15) is 17.7 Å². The van der Waals surface area contributed by atoms with E-state index in [2.05, 4.69) is 20.9 Å². The summed E-state index contributed by atoms with van der Waals surface area (Å²) in [5, 5.41) is 8.97. The van der Waals surface area contributed by atoms with Crippen LogP contribution < -0.4 is 16.0 Å². The van der Waals surface area contributed by atoms with Crippen LogP contribution in [0.25, 0.3) is 10.9 Å².